The minimum Gasteiger partial charge on any atom is -0.459 e. The topological polar surface area (TPSA) is 97.6 Å². The Morgan fingerprint density at radius 1 is 1.12 bits per heavy atom. The Morgan fingerprint density at radius 3 is 2.62 bits per heavy atom. The van der Waals surface area contributed by atoms with E-state index >= 15 is 0 Å². The van der Waals surface area contributed by atoms with Crippen molar-refractivity contribution in [2.75, 3.05) is 18.5 Å². The third-order valence-electron chi connectivity index (χ3n) is 2.73. The molecule has 0 aliphatic rings. The first-order valence-corrected chi connectivity index (χ1v) is 7.44. The summed E-state index contributed by atoms with van der Waals surface area (Å²) in [6.45, 7) is -0.928. The van der Waals surface area contributed by atoms with E-state index in [1.807, 2.05) is 0 Å². The number of hydrogen-bond donors (Lipinski definition) is 2. The molecule has 2 amide bonds. The van der Waals surface area contributed by atoms with E-state index in [9.17, 15) is 14.4 Å². The zero-order valence-corrected chi connectivity index (χ0v) is 13.7. The number of amides is 2. The summed E-state index contributed by atoms with van der Waals surface area (Å²) in [6, 6.07) is 7.72. The van der Waals surface area contributed by atoms with Gasteiger partial charge in [0.15, 0.2) is 12.4 Å². The maximum Gasteiger partial charge on any atom is 0.325 e. The number of esters is 1. The molecule has 0 radical (unpaired) electrons. The Labute approximate surface area is 146 Å². The van der Waals surface area contributed by atoms with Gasteiger partial charge in [0.05, 0.1) is 22.0 Å². The van der Waals surface area contributed by atoms with Crippen molar-refractivity contribution in [3.8, 4) is 0 Å². The van der Waals surface area contributed by atoms with E-state index in [0.717, 1.165) is 0 Å². The first-order valence-electron chi connectivity index (χ1n) is 6.68. The number of anilines is 1. The van der Waals surface area contributed by atoms with Crippen LogP contribution < -0.4 is 10.6 Å². The van der Waals surface area contributed by atoms with E-state index in [4.69, 9.17) is 32.4 Å². The highest BCUT2D eigenvalue weighted by Gasteiger charge is 2.13. The number of rotatable bonds is 6. The molecule has 2 aromatic rings. The van der Waals surface area contributed by atoms with Crippen LogP contribution in [0.4, 0.5) is 5.69 Å². The normalized spacial score (nSPS) is 10.1. The summed E-state index contributed by atoms with van der Waals surface area (Å²) in [5.41, 5.74) is 0.302. The summed E-state index contributed by atoms with van der Waals surface area (Å²) in [7, 11) is 0. The molecule has 0 spiro atoms. The largest absolute Gasteiger partial charge is 0.459 e. The third kappa shape index (κ3) is 5.00. The maximum atomic E-state index is 11.7. The molecule has 1 aromatic heterocycles. The van der Waals surface area contributed by atoms with Gasteiger partial charge in [-0.15, -0.1) is 0 Å². The van der Waals surface area contributed by atoms with Gasteiger partial charge in [-0.1, -0.05) is 29.3 Å². The molecule has 0 aliphatic carbocycles. The van der Waals surface area contributed by atoms with Crippen LogP contribution in [0.2, 0.25) is 10.0 Å². The van der Waals surface area contributed by atoms with Crippen LogP contribution in [0.3, 0.4) is 0 Å². The van der Waals surface area contributed by atoms with E-state index in [2.05, 4.69) is 10.6 Å². The number of nitrogens with one attached hydrogen (secondary N) is 2. The second kappa shape index (κ2) is 8.37. The molecule has 0 bridgehead atoms. The molecule has 24 heavy (non-hydrogen) atoms. The van der Waals surface area contributed by atoms with Crippen LogP contribution >= 0.6 is 23.2 Å². The summed E-state index contributed by atoms with van der Waals surface area (Å²) in [4.78, 5) is 34.8. The number of carbonyl (C=O) groups is 3. The average Bonchev–Trinajstić information content (AvgIpc) is 3.09. The van der Waals surface area contributed by atoms with Crippen molar-refractivity contribution in [3.63, 3.8) is 0 Å². The van der Waals surface area contributed by atoms with Gasteiger partial charge in [0.2, 0.25) is 0 Å². The molecule has 2 N–H and O–H groups in total. The molecule has 126 valence electrons. The predicted octanol–water partition coefficient (Wildman–Crippen LogP) is 2.50. The number of hydrogen-bond acceptors (Lipinski definition) is 5. The zero-order chi connectivity index (χ0) is 17.5. The Kier molecular flexibility index (Phi) is 6.22. The summed E-state index contributed by atoms with van der Waals surface area (Å²) in [5, 5.41) is 5.23. The van der Waals surface area contributed by atoms with Crippen LogP contribution in [0, 0.1) is 0 Å². The second-order valence-electron chi connectivity index (χ2n) is 4.47. The SMILES string of the molecule is O=C(COC(=O)CNC(=O)c1ccco1)Nc1cccc(Cl)c1Cl. The van der Waals surface area contributed by atoms with Gasteiger partial charge in [0, 0.05) is 0 Å². The Hall–Kier alpha value is -2.51. The number of carbonyl (C=O) groups excluding carboxylic acids is 3. The lowest BCUT2D eigenvalue weighted by atomic mass is 10.3. The molecule has 0 aliphatic heterocycles. The Morgan fingerprint density at radius 2 is 1.92 bits per heavy atom. The monoisotopic (exact) mass is 370 g/mol. The minimum atomic E-state index is -0.776. The van der Waals surface area contributed by atoms with Crippen molar-refractivity contribution in [1.29, 1.82) is 0 Å². The smallest absolute Gasteiger partial charge is 0.325 e. The third-order valence-corrected chi connectivity index (χ3v) is 3.55. The van der Waals surface area contributed by atoms with Crippen LogP contribution in [0.25, 0.3) is 0 Å². The zero-order valence-electron chi connectivity index (χ0n) is 12.2. The van der Waals surface area contributed by atoms with Crippen molar-refractivity contribution < 1.29 is 23.5 Å². The molecule has 0 saturated carbocycles. The number of ether oxygens (including phenoxy) is 1. The van der Waals surface area contributed by atoms with Crippen LogP contribution in [0.15, 0.2) is 41.0 Å². The van der Waals surface area contributed by atoms with E-state index in [1.54, 1.807) is 24.3 Å². The molecule has 0 unspecified atom stereocenters. The fourth-order valence-corrected chi connectivity index (χ4v) is 1.98. The summed E-state index contributed by atoms with van der Waals surface area (Å²) < 4.78 is 9.60. The van der Waals surface area contributed by atoms with Crippen molar-refractivity contribution in [2.45, 2.75) is 0 Å². The van der Waals surface area contributed by atoms with Gasteiger partial charge >= 0.3 is 5.97 Å². The van der Waals surface area contributed by atoms with Crippen LogP contribution in [-0.4, -0.2) is 30.9 Å². The fourth-order valence-electron chi connectivity index (χ4n) is 1.63. The summed E-state index contributed by atoms with van der Waals surface area (Å²) in [6.07, 6.45) is 1.33. The van der Waals surface area contributed by atoms with Gasteiger partial charge in [0.25, 0.3) is 11.8 Å². The van der Waals surface area contributed by atoms with Gasteiger partial charge in [-0.3, -0.25) is 14.4 Å². The van der Waals surface area contributed by atoms with Crippen LogP contribution in [-0.2, 0) is 14.3 Å². The Balaban J connectivity index is 1.74. The maximum absolute atomic E-state index is 11.7. The van der Waals surface area contributed by atoms with Gasteiger partial charge < -0.3 is 19.8 Å². The van der Waals surface area contributed by atoms with Crippen LogP contribution in [0.5, 0.6) is 0 Å². The van der Waals surface area contributed by atoms with Crippen molar-refractivity contribution in [3.05, 3.63) is 52.4 Å². The standard InChI is InChI=1S/C15H12Cl2N2O5/c16-9-3-1-4-10(14(9)17)19-12(20)8-24-13(21)7-18-15(22)11-5-2-6-23-11/h1-6H,7-8H2,(H,18,22)(H,19,20). The van der Waals surface area contributed by atoms with E-state index < -0.39 is 30.9 Å². The van der Waals surface area contributed by atoms with E-state index in [0.29, 0.717) is 5.69 Å². The molecule has 9 heteroatoms. The first kappa shape index (κ1) is 17.8. The van der Waals surface area contributed by atoms with E-state index in [-0.39, 0.29) is 15.8 Å². The number of benzene rings is 1. The van der Waals surface area contributed by atoms with Crippen molar-refractivity contribution in [2.24, 2.45) is 0 Å². The second-order valence-corrected chi connectivity index (χ2v) is 5.26. The Bertz CT molecular complexity index is 746. The van der Waals surface area contributed by atoms with Gasteiger partial charge in [-0.05, 0) is 24.3 Å². The minimum absolute atomic E-state index is 0.0659. The average molecular weight is 371 g/mol. The quantitative estimate of drug-likeness (QED) is 0.761. The molecular weight excluding hydrogens is 359 g/mol. The highest BCUT2D eigenvalue weighted by molar-refractivity contribution is 6.44. The lowest BCUT2D eigenvalue weighted by molar-refractivity contribution is -0.146. The molecule has 7 nitrogen and oxygen atoms in total. The molecule has 0 fully saturated rings. The first-order chi connectivity index (χ1) is 11.5. The predicted molar refractivity (Wildman–Crippen MR) is 87.1 cm³/mol. The molecule has 1 aromatic carbocycles. The molecular formula is C15H12Cl2N2O5. The van der Waals surface area contributed by atoms with Gasteiger partial charge in [-0.25, -0.2) is 0 Å². The summed E-state index contributed by atoms with van der Waals surface area (Å²) >= 11 is 11.7. The number of furan rings is 1. The lowest BCUT2D eigenvalue weighted by Gasteiger charge is -2.09. The van der Waals surface area contributed by atoms with Crippen molar-refractivity contribution in [1.82, 2.24) is 5.32 Å². The highest BCUT2D eigenvalue weighted by atomic mass is 35.5. The lowest BCUT2D eigenvalue weighted by Crippen LogP contribution is -2.32. The fraction of sp³-hybridized carbons (Fsp3) is 0.133. The highest BCUT2D eigenvalue weighted by Crippen LogP contribution is 2.29. The van der Waals surface area contributed by atoms with E-state index in [1.165, 1.54) is 12.3 Å². The molecule has 0 saturated heterocycles. The molecule has 1 heterocycles. The van der Waals surface area contributed by atoms with Crippen LogP contribution in [0.1, 0.15) is 10.6 Å². The summed E-state index contributed by atoms with van der Waals surface area (Å²) in [5.74, 6) is -1.87. The molecule has 0 atom stereocenters. The molecule has 2 rings (SSSR count). The van der Waals surface area contributed by atoms with Crippen molar-refractivity contribution >= 4 is 46.7 Å². The van der Waals surface area contributed by atoms with Gasteiger partial charge in [0.1, 0.15) is 6.54 Å². The van der Waals surface area contributed by atoms with Gasteiger partial charge in [-0.2, -0.15) is 0 Å². The number of halogens is 2.